The molecule has 0 fully saturated rings. The normalized spacial score (nSPS) is 9.08. The van der Waals surface area contributed by atoms with Gasteiger partial charge in [0.1, 0.15) is 6.42 Å². The maximum absolute atomic E-state index is 10.7. The Hall–Kier alpha value is -1.43. The van der Waals surface area contributed by atoms with Crippen molar-refractivity contribution in [2.24, 2.45) is 0 Å². The van der Waals surface area contributed by atoms with E-state index in [4.69, 9.17) is 5.26 Å². The van der Waals surface area contributed by atoms with E-state index in [1.54, 1.807) is 6.92 Å². The zero-order valence-electron chi connectivity index (χ0n) is 7.11. The van der Waals surface area contributed by atoms with Crippen LogP contribution in [0.4, 0.5) is 0 Å². The van der Waals surface area contributed by atoms with Crippen molar-refractivity contribution < 1.29 is 29.3 Å². The van der Waals surface area contributed by atoms with Gasteiger partial charge in [-0.25, -0.2) is 4.79 Å². The fourth-order valence-corrected chi connectivity index (χ4v) is 0.521. The standard InChI is InChI=1S/C7H10O6/c1-2-3-12-6(9)4-5(8)7(10)13-11/h11H,2-4H2,1H3. The molecule has 6 nitrogen and oxygen atoms in total. The summed E-state index contributed by atoms with van der Waals surface area (Å²) in [4.78, 5) is 34.7. The summed E-state index contributed by atoms with van der Waals surface area (Å²) in [5.41, 5.74) is 0. The molecular formula is C7H10O6. The molecule has 0 aromatic carbocycles. The van der Waals surface area contributed by atoms with E-state index in [0.29, 0.717) is 6.42 Å². The van der Waals surface area contributed by atoms with Gasteiger partial charge in [0.2, 0.25) is 0 Å². The van der Waals surface area contributed by atoms with E-state index in [2.05, 4.69) is 9.62 Å². The molecule has 1 N–H and O–H groups in total. The van der Waals surface area contributed by atoms with Crippen molar-refractivity contribution in [1.29, 1.82) is 0 Å². The number of ether oxygens (including phenoxy) is 1. The van der Waals surface area contributed by atoms with Crippen LogP contribution >= 0.6 is 0 Å². The summed E-state index contributed by atoms with van der Waals surface area (Å²) in [5.74, 6) is -3.41. The fraction of sp³-hybridized carbons (Fsp3) is 0.571. The SMILES string of the molecule is CCCOC(=O)CC(=O)C(=O)OO. The Morgan fingerprint density at radius 2 is 1.92 bits per heavy atom. The third-order valence-corrected chi connectivity index (χ3v) is 1.08. The van der Waals surface area contributed by atoms with Gasteiger partial charge in [-0.15, -0.1) is 0 Å². The predicted molar refractivity (Wildman–Crippen MR) is 39.6 cm³/mol. The molecule has 0 spiro atoms. The first kappa shape index (κ1) is 11.6. The largest absolute Gasteiger partial charge is 0.465 e. The molecule has 6 heteroatoms. The Bertz CT molecular complexity index is 209. The van der Waals surface area contributed by atoms with E-state index in [1.165, 1.54) is 0 Å². The summed E-state index contributed by atoms with van der Waals surface area (Å²) in [6.45, 7) is 1.98. The van der Waals surface area contributed by atoms with Crippen molar-refractivity contribution in [3.8, 4) is 0 Å². The summed E-state index contributed by atoms with van der Waals surface area (Å²) in [6, 6.07) is 0. The van der Waals surface area contributed by atoms with Crippen molar-refractivity contribution in [1.82, 2.24) is 0 Å². The second-order valence-electron chi connectivity index (χ2n) is 2.20. The van der Waals surface area contributed by atoms with Crippen molar-refractivity contribution >= 4 is 17.7 Å². The number of Topliss-reactive ketones (excluding diaryl/α,β-unsaturated/α-hetero) is 1. The zero-order valence-corrected chi connectivity index (χ0v) is 7.11. The Balaban J connectivity index is 3.78. The van der Waals surface area contributed by atoms with E-state index >= 15 is 0 Å². The van der Waals surface area contributed by atoms with E-state index in [1.807, 2.05) is 0 Å². The lowest BCUT2D eigenvalue weighted by Crippen LogP contribution is -2.20. The monoisotopic (exact) mass is 190 g/mol. The van der Waals surface area contributed by atoms with Crippen molar-refractivity contribution in [2.45, 2.75) is 19.8 Å². The van der Waals surface area contributed by atoms with Crippen LogP contribution in [0.2, 0.25) is 0 Å². The average molecular weight is 190 g/mol. The molecule has 74 valence electrons. The molecule has 0 radical (unpaired) electrons. The summed E-state index contributed by atoms with van der Waals surface area (Å²) in [6.07, 6.45) is -0.0796. The molecule has 0 saturated carbocycles. The molecule has 0 unspecified atom stereocenters. The van der Waals surface area contributed by atoms with E-state index < -0.39 is 24.1 Å². The Morgan fingerprint density at radius 3 is 2.38 bits per heavy atom. The summed E-state index contributed by atoms with van der Waals surface area (Å²) < 4.78 is 4.51. The smallest absolute Gasteiger partial charge is 0.408 e. The molecule has 0 saturated heterocycles. The first-order valence-electron chi connectivity index (χ1n) is 3.66. The highest BCUT2D eigenvalue weighted by atomic mass is 17.1. The minimum atomic E-state index is -1.46. The van der Waals surface area contributed by atoms with Gasteiger partial charge in [0, 0.05) is 0 Å². The highest BCUT2D eigenvalue weighted by Crippen LogP contribution is 1.92. The molecule has 0 atom stereocenters. The highest BCUT2D eigenvalue weighted by molar-refractivity contribution is 6.36. The molecule has 0 aliphatic rings. The Morgan fingerprint density at radius 1 is 1.31 bits per heavy atom. The second kappa shape index (κ2) is 6.13. The van der Waals surface area contributed by atoms with Gasteiger partial charge in [0.15, 0.2) is 0 Å². The lowest BCUT2D eigenvalue weighted by molar-refractivity contribution is -0.232. The van der Waals surface area contributed by atoms with Crippen molar-refractivity contribution in [3.63, 3.8) is 0 Å². The van der Waals surface area contributed by atoms with E-state index in [0.717, 1.165) is 0 Å². The van der Waals surface area contributed by atoms with Gasteiger partial charge in [-0.2, -0.15) is 5.26 Å². The maximum Gasteiger partial charge on any atom is 0.408 e. The van der Waals surface area contributed by atoms with Crippen LogP contribution in [0.25, 0.3) is 0 Å². The summed E-state index contributed by atoms with van der Waals surface area (Å²) >= 11 is 0. The predicted octanol–water partition coefficient (Wildman–Crippen LogP) is -0.0850. The topological polar surface area (TPSA) is 89.9 Å². The van der Waals surface area contributed by atoms with Crippen LogP contribution in [-0.2, 0) is 24.0 Å². The number of esters is 1. The van der Waals surface area contributed by atoms with Gasteiger partial charge in [-0.05, 0) is 6.42 Å². The Kier molecular flexibility index (Phi) is 5.45. The molecule has 0 amide bonds. The van der Waals surface area contributed by atoms with Gasteiger partial charge in [0.05, 0.1) is 6.61 Å². The van der Waals surface area contributed by atoms with Gasteiger partial charge < -0.3 is 4.74 Å². The van der Waals surface area contributed by atoms with Crippen LogP contribution in [-0.4, -0.2) is 29.6 Å². The Labute approximate surface area is 74.4 Å². The fourth-order valence-electron chi connectivity index (χ4n) is 0.521. The van der Waals surface area contributed by atoms with Gasteiger partial charge in [-0.3, -0.25) is 14.5 Å². The summed E-state index contributed by atoms with van der Waals surface area (Å²) in [7, 11) is 0. The van der Waals surface area contributed by atoms with Gasteiger partial charge >= 0.3 is 11.9 Å². The second-order valence-corrected chi connectivity index (χ2v) is 2.20. The van der Waals surface area contributed by atoms with Crippen LogP contribution in [0.5, 0.6) is 0 Å². The third kappa shape index (κ3) is 4.91. The lowest BCUT2D eigenvalue weighted by Gasteiger charge is -2.00. The molecule has 0 aliphatic heterocycles. The summed E-state index contributed by atoms with van der Waals surface area (Å²) in [5, 5.41) is 7.77. The third-order valence-electron chi connectivity index (χ3n) is 1.08. The number of carbonyl (C=O) groups is 3. The van der Waals surface area contributed by atoms with E-state index in [9.17, 15) is 14.4 Å². The van der Waals surface area contributed by atoms with Crippen LogP contribution < -0.4 is 0 Å². The quantitative estimate of drug-likeness (QED) is 0.214. The van der Waals surface area contributed by atoms with Crippen LogP contribution in [0, 0.1) is 0 Å². The van der Waals surface area contributed by atoms with Crippen molar-refractivity contribution in [3.05, 3.63) is 0 Å². The molecule has 0 bridgehead atoms. The van der Waals surface area contributed by atoms with Crippen molar-refractivity contribution in [2.75, 3.05) is 6.61 Å². The number of rotatable bonds is 5. The molecule has 0 aliphatic carbocycles. The average Bonchev–Trinajstić information content (AvgIpc) is 2.13. The molecule has 0 aromatic rings. The number of hydrogen-bond donors (Lipinski definition) is 1. The number of ketones is 1. The van der Waals surface area contributed by atoms with Crippen LogP contribution in [0.1, 0.15) is 19.8 Å². The minimum absolute atomic E-state index is 0.195. The molecular weight excluding hydrogens is 180 g/mol. The number of hydrogen-bond acceptors (Lipinski definition) is 6. The van der Waals surface area contributed by atoms with Gasteiger partial charge in [0.25, 0.3) is 5.78 Å². The highest BCUT2D eigenvalue weighted by Gasteiger charge is 2.20. The first-order valence-corrected chi connectivity index (χ1v) is 3.66. The van der Waals surface area contributed by atoms with E-state index in [-0.39, 0.29) is 6.61 Å². The maximum atomic E-state index is 10.7. The molecule has 13 heavy (non-hydrogen) atoms. The van der Waals surface area contributed by atoms with Crippen LogP contribution in [0.3, 0.4) is 0 Å². The lowest BCUT2D eigenvalue weighted by atomic mass is 10.3. The minimum Gasteiger partial charge on any atom is -0.465 e. The van der Waals surface area contributed by atoms with Gasteiger partial charge in [-0.1, -0.05) is 6.92 Å². The molecule has 0 rings (SSSR count). The van der Waals surface area contributed by atoms with Crippen LogP contribution in [0.15, 0.2) is 0 Å². The zero-order chi connectivity index (χ0) is 10.3. The first-order chi connectivity index (χ1) is 6.11. The molecule has 0 aromatic heterocycles. The number of carbonyl (C=O) groups excluding carboxylic acids is 3. The molecule has 0 heterocycles.